The molecule has 21 heavy (non-hydrogen) atoms. The van der Waals surface area contributed by atoms with E-state index in [0.29, 0.717) is 18.7 Å². The van der Waals surface area contributed by atoms with Gasteiger partial charge >= 0.3 is 5.97 Å². The molecule has 1 aromatic carbocycles. The molecule has 116 valence electrons. The van der Waals surface area contributed by atoms with Crippen molar-refractivity contribution in [2.45, 2.75) is 27.4 Å². The van der Waals surface area contributed by atoms with Gasteiger partial charge in [-0.15, -0.1) is 5.06 Å². The lowest BCUT2D eigenvalue weighted by atomic mass is 9.98. The molecule has 0 aromatic heterocycles. The van der Waals surface area contributed by atoms with E-state index in [2.05, 4.69) is 4.90 Å². The first-order valence-electron chi connectivity index (χ1n) is 7.27. The van der Waals surface area contributed by atoms with E-state index in [1.165, 1.54) is 0 Å². The number of rotatable bonds is 3. The maximum absolute atomic E-state index is 12.7. The molecule has 4 nitrogen and oxygen atoms in total. The van der Waals surface area contributed by atoms with Crippen LogP contribution < -0.4 is 4.90 Å². The highest BCUT2D eigenvalue weighted by molar-refractivity contribution is 5.75. The molecule has 1 aliphatic heterocycles. The topological polar surface area (TPSA) is 32.8 Å². The summed E-state index contributed by atoms with van der Waals surface area (Å²) in [5.41, 5.74) is 1.22. The van der Waals surface area contributed by atoms with Crippen molar-refractivity contribution >= 4 is 11.7 Å². The SMILES string of the molecule is CC(C)(C)C(=O)ON1CCN(c2cccc(CF)c2)CC1. The number of alkyl halides is 1. The summed E-state index contributed by atoms with van der Waals surface area (Å²) in [6.07, 6.45) is 0. The van der Waals surface area contributed by atoms with Crippen LogP contribution in [0.15, 0.2) is 24.3 Å². The van der Waals surface area contributed by atoms with E-state index < -0.39 is 12.1 Å². The standard InChI is InChI=1S/C16H23FN2O2/c1-16(2,3)15(20)21-19-9-7-18(8-10-19)14-6-4-5-13(11-14)12-17/h4-6,11H,7-10,12H2,1-3H3. The summed E-state index contributed by atoms with van der Waals surface area (Å²) in [4.78, 5) is 19.4. The summed E-state index contributed by atoms with van der Waals surface area (Å²) in [5.74, 6) is -0.213. The van der Waals surface area contributed by atoms with Crippen LogP contribution in [0.4, 0.5) is 10.1 Å². The number of nitrogens with zero attached hydrogens (tertiary/aromatic N) is 2. The van der Waals surface area contributed by atoms with Gasteiger partial charge in [0.15, 0.2) is 0 Å². The molecule has 1 aliphatic rings. The predicted octanol–water partition coefficient (Wildman–Crippen LogP) is 2.78. The highest BCUT2D eigenvalue weighted by atomic mass is 19.1. The van der Waals surface area contributed by atoms with Crippen LogP contribution in [0.2, 0.25) is 0 Å². The van der Waals surface area contributed by atoms with Crippen LogP contribution in [0.5, 0.6) is 0 Å². The molecule has 2 rings (SSSR count). The third-order valence-corrected chi connectivity index (χ3v) is 3.49. The van der Waals surface area contributed by atoms with E-state index in [1.807, 2.05) is 39.0 Å². The van der Waals surface area contributed by atoms with Crippen molar-refractivity contribution in [3.05, 3.63) is 29.8 Å². The third-order valence-electron chi connectivity index (χ3n) is 3.49. The van der Waals surface area contributed by atoms with Crippen molar-refractivity contribution in [1.82, 2.24) is 5.06 Å². The zero-order valence-corrected chi connectivity index (χ0v) is 12.9. The second-order valence-electron chi connectivity index (χ2n) is 6.35. The Kier molecular flexibility index (Phi) is 4.83. The number of carbonyl (C=O) groups excluding carboxylic acids is 1. The first kappa shape index (κ1) is 15.8. The third kappa shape index (κ3) is 4.17. The van der Waals surface area contributed by atoms with Gasteiger partial charge in [0, 0.05) is 18.8 Å². The minimum Gasteiger partial charge on any atom is -0.369 e. The number of hydrogen-bond acceptors (Lipinski definition) is 4. The number of carbonyl (C=O) groups is 1. The van der Waals surface area contributed by atoms with Crippen molar-refractivity contribution in [3.8, 4) is 0 Å². The molecule has 0 atom stereocenters. The van der Waals surface area contributed by atoms with Gasteiger partial charge in [0.25, 0.3) is 0 Å². The number of halogens is 1. The van der Waals surface area contributed by atoms with Crippen molar-refractivity contribution < 1.29 is 14.0 Å². The molecule has 0 bridgehead atoms. The predicted molar refractivity (Wildman–Crippen MR) is 80.6 cm³/mol. The molecule has 1 saturated heterocycles. The highest BCUT2D eigenvalue weighted by Crippen LogP contribution is 2.20. The summed E-state index contributed by atoms with van der Waals surface area (Å²) < 4.78 is 12.7. The lowest BCUT2D eigenvalue weighted by Crippen LogP contribution is -2.48. The lowest BCUT2D eigenvalue weighted by molar-refractivity contribution is -0.201. The molecule has 0 amide bonds. The van der Waals surface area contributed by atoms with Gasteiger partial charge in [0.2, 0.25) is 0 Å². The highest BCUT2D eigenvalue weighted by Gasteiger charge is 2.27. The fraction of sp³-hybridized carbons (Fsp3) is 0.562. The Morgan fingerprint density at radius 2 is 1.90 bits per heavy atom. The molecular weight excluding hydrogens is 271 g/mol. The van der Waals surface area contributed by atoms with Gasteiger partial charge in [-0.2, -0.15) is 0 Å². The first-order valence-corrected chi connectivity index (χ1v) is 7.27. The molecule has 0 unspecified atom stereocenters. The van der Waals surface area contributed by atoms with Crippen LogP contribution in [-0.4, -0.2) is 37.2 Å². The molecule has 0 saturated carbocycles. The molecule has 1 heterocycles. The van der Waals surface area contributed by atoms with E-state index in [-0.39, 0.29) is 5.97 Å². The van der Waals surface area contributed by atoms with Gasteiger partial charge in [0.1, 0.15) is 6.67 Å². The normalized spacial score (nSPS) is 16.9. The minimum atomic E-state index is -0.493. The lowest BCUT2D eigenvalue weighted by Gasteiger charge is -2.35. The van der Waals surface area contributed by atoms with E-state index in [0.717, 1.165) is 18.8 Å². The van der Waals surface area contributed by atoms with Crippen molar-refractivity contribution in [2.24, 2.45) is 5.41 Å². The molecule has 1 fully saturated rings. The van der Waals surface area contributed by atoms with Gasteiger partial charge < -0.3 is 9.74 Å². The Hall–Kier alpha value is -1.62. The Morgan fingerprint density at radius 1 is 1.24 bits per heavy atom. The summed E-state index contributed by atoms with van der Waals surface area (Å²) in [6.45, 7) is 7.90. The monoisotopic (exact) mass is 294 g/mol. The second kappa shape index (κ2) is 6.43. The molecule has 0 spiro atoms. The Bertz CT molecular complexity index is 491. The number of hydrogen-bond donors (Lipinski definition) is 0. The van der Waals surface area contributed by atoms with Crippen molar-refractivity contribution in [1.29, 1.82) is 0 Å². The molecule has 0 radical (unpaired) electrons. The average molecular weight is 294 g/mol. The number of anilines is 1. The smallest absolute Gasteiger partial charge is 0.330 e. The van der Waals surface area contributed by atoms with Crippen LogP contribution in [0.1, 0.15) is 26.3 Å². The van der Waals surface area contributed by atoms with Crippen LogP contribution >= 0.6 is 0 Å². The fourth-order valence-corrected chi connectivity index (χ4v) is 2.13. The zero-order chi connectivity index (χ0) is 15.5. The van der Waals surface area contributed by atoms with Gasteiger partial charge in [-0.1, -0.05) is 12.1 Å². The zero-order valence-electron chi connectivity index (χ0n) is 12.9. The average Bonchev–Trinajstić information content (AvgIpc) is 2.47. The number of benzene rings is 1. The maximum Gasteiger partial charge on any atom is 0.330 e. The van der Waals surface area contributed by atoms with Gasteiger partial charge in [-0.05, 0) is 38.5 Å². The van der Waals surface area contributed by atoms with Gasteiger partial charge in [-0.25, -0.2) is 9.18 Å². The fourth-order valence-electron chi connectivity index (χ4n) is 2.13. The Balaban J connectivity index is 1.89. The van der Waals surface area contributed by atoms with E-state index in [1.54, 1.807) is 11.1 Å². The van der Waals surface area contributed by atoms with Crippen LogP contribution in [0.25, 0.3) is 0 Å². The summed E-state index contributed by atoms with van der Waals surface area (Å²) in [6, 6.07) is 7.51. The molecule has 0 aliphatic carbocycles. The number of piperazine rings is 1. The largest absolute Gasteiger partial charge is 0.369 e. The maximum atomic E-state index is 12.7. The minimum absolute atomic E-state index is 0.213. The quantitative estimate of drug-likeness (QED) is 0.858. The van der Waals surface area contributed by atoms with Gasteiger partial charge in [0.05, 0.1) is 18.5 Å². The van der Waals surface area contributed by atoms with Gasteiger partial charge in [-0.3, -0.25) is 0 Å². The summed E-state index contributed by atoms with van der Waals surface area (Å²) in [7, 11) is 0. The van der Waals surface area contributed by atoms with Crippen LogP contribution in [0, 0.1) is 5.41 Å². The molecule has 0 N–H and O–H groups in total. The summed E-state index contributed by atoms with van der Waals surface area (Å²) >= 11 is 0. The molecular formula is C16H23FN2O2. The summed E-state index contributed by atoms with van der Waals surface area (Å²) in [5, 5.41) is 1.71. The van der Waals surface area contributed by atoms with Crippen LogP contribution in [-0.2, 0) is 16.3 Å². The van der Waals surface area contributed by atoms with E-state index in [9.17, 15) is 9.18 Å². The van der Waals surface area contributed by atoms with Crippen molar-refractivity contribution in [3.63, 3.8) is 0 Å². The van der Waals surface area contributed by atoms with Crippen LogP contribution in [0.3, 0.4) is 0 Å². The van der Waals surface area contributed by atoms with E-state index in [4.69, 9.17) is 4.84 Å². The first-order chi connectivity index (χ1) is 9.90. The number of hydroxylamine groups is 2. The Labute approximate surface area is 125 Å². The second-order valence-corrected chi connectivity index (χ2v) is 6.35. The molecule has 1 aromatic rings. The Morgan fingerprint density at radius 3 is 2.48 bits per heavy atom. The van der Waals surface area contributed by atoms with Crippen molar-refractivity contribution in [2.75, 3.05) is 31.1 Å². The molecule has 5 heteroatoms. The van der Waals surface area contributed by atoms with E-state index >= 15 is 0 Å².